The number of aliphatic carboxylic acids is 1. The van der Waals surface area contributed by atoms with Crippen molar-refractivity contribution in [3.8, 4) is 16.3 Å². The summed E-state index contributed by atoms with van der Waals surface area (Å²) >= 11 is 1.58. The SMILES string of the molecule is CCOc1ccc(NC(=O)Cn2c(CCC(=O)O)ccc2-c2cccs2)cc1. The maximum absolute atomic E-state index is 12.6. The number of hydrogen-bond acceptors (Lipinski definition) is 4. The first kappa shape index (κ1) is 19.7. The number of thiophene rings is 1. The Kier molecular flexibility index (Phi) is 6.49. The lowest BCUT2D eigenvalue weighted by molar-refractivity contribution is -0.137. The topological polar surface area (TPSA) is 80.6 Å². The molecule has 0 unspecified atom stereocenters. The molecule has 146 valence electrons. The second-order valence-corrected chi connectivity index (χ2v) is 7.12. The zero-order valence-corrected chi connectivity index (χ0v) is 16.4. The van der Waals surface area contributed by atoms with Crippen molar-refractivity contribution in [1.82, 2.24) is 4.57 Å². The molecule has 1 amide bonds. The van der Waals surface area contributed by atoms with E-state index >= 15 is 0 Å². The maximum atomic E-state index is 12.6. The number of carboxylic acid groups (broad SMARTS) is 1. The Balaban J connectivity index is 1.76. The molecule has 0 atom stereocenters. The number of benzene rings is 1. The van der Waals surface area contributed by atoms with Crippen molar-refractivity contribution in [1.29, 1.82) is 0 Å². The van der Waals surface area contributed by atoms with Gasteiger partial charge in [-0.25, -0.2) is 0 Å². The normalized spacial score (nSPS) is 10.6. The lowest BCUT2D eigenvalue weighted by Gasteiger charge is -2.13. The highest BCUT2D eigenvalue weighted by Crippen LogP contribution is 2.28. The molecule has 0 spiro atoms. The minimum atomic E-state index is -0.857. The van der Waals surface area contributed by atoms with Crippen LogP contribution < -0.4 is 10.1 Å². The molecule has 1 aromatic carbocycles. The van der Waals surface area contributed by atoms with Crippen LogP contribution in [0.1, 0.15) is 19.0 Å². The standard InChI is InChI=1S/C21H22N2O4S/c1-2-27-17-9-5-15(6-10-17)22-20(24)14-23-16(8-12-21(25)26)7-11-18(23)19-4-3-13-28-19/h3-7,9-11,13H,2,8,12,14H2,1H3,(H,22,24)(H,25,26). The number of anilines is 1. The first-order valence-corrected chi connectivity index (χ1v) is 9.91. The molecule has 2 N–H and O–H groups in total. The molecule has 0 bridgehead atoms. The monoisotopic (exact) mass is 398 g/mol. The lowest BCUT2D eigenvalue weighted by Crippen LogP contribution is -2.20. The van der Waals surface area contributed by atoms with Crippen LogP contribution in [-0.4, -0.2) is 28.2 Å². The summed E-state index contributed by atoms with van der Waals surface area (Å²) in [5.74, 6) is -0.277. The molecule has 0 fully saturated rings. The van der Waals surface area contributed by atoms with E-state index in [-0.39, 0.29) is 18.9 Å². The van der Waals surface area contributed by atoms with E-state index in [1.807, 2.05) is 53.3 Å². The smallest absolute Gasteiger partial charge is 0.303 e. The van der Waals surface area contributed by atoms with E-state index in [4.69, 9.17) is 9.84 Å². The second-order valence-electron chi connectivity index (χ2n) is 6.17. The fraction of sp³-hybridized carbons (Fsp3) is 0.238. The van der Waals surface area contributed by atoms with Crippen LogP contribution in [0, 0.1) is 0 Å². The van der Waals surface area contributed by atoms with E-state index in [2.05, 4.69) is 5.32 Å². The summed E-state index contributed by atoms with van der Waals surface area (Å²) in [4.78, 5) is 24.6. The zero-order chi connectivity index (χ0) is 19.9. The molecule has 0 saturated heterocycles. The van der Waals surface area contributed by atoms with Gasteiger partial charge in [0.25, 0.3) is 0 Å². The number of hydrogen-bond donors (Lipinski definition) is 2. The molecule has 0 aliphatic rings. The van der Waals surface area contributed by atoms with Gasteiger partial charge >= 0.3 is 5.97 Å². The number of aryl methyl sites for hydroxylation is 1. The van der Waals surface area contributed by atoms with Gasteiger partial charge in [-0.2, -0.15) is 0 Å². The number of carbonyl (C=O) groups excluding carboxylic acids is 1. The van der Waals surface area contributed by atoms with Crippen LogP contribution in [0.4, 0.5) is 5.69 Å². The van der Waals surface area contributed by atoms with Crippen LogP contribution >= 0.6 is 11.3 Å². The van der Waals surface area contributed by atoms with Crippen LogP contribution in [0.2, 0.25) is 0 Å². The number of rotatable bonds is 9. The van der Waals surface area contributed by atoms with Crippen molar-refractivity contribution in [3.05, 3.63) is 59.6 Å². The quantitative estimate of drug-likeness (QED) is 0.564. The Morgan fingerprint density at radius 2 is 1.93 bits per heavy atom. The van der Waals surface area contributed by atoms with E-state index in [0.717, 1.165) is 22.0 Å². The van der Waals surface area contributed by atoms with Gasteiger partial charge in [0.1, 0.15) is 12.3 Å². The maximum Gasteiger partial charge on any atom is 0.303 e. The van der Waals surface area contributed by atoms with E-state index < -0.39 is 5.97 Å². The molecule has 2 heterocycles. The summed E-state index contributed by atoms with van der Waals surface area (Å²) in [5.41, 5.74) is 2.43. The van der Waals surface area contributed by atoms with Gasteiger partial charge in [-0.1, -0.05) is 6.07 Å². The number of amides is 1. The van der Waals surface area contributed by atoms with E-state index in [9.17, 15) is 9.59 Å². The third kappa shape index (κ3) is 5.01. The minimum absolute atomic E-state index is 0.0222. The van der Waals surface area contributed by atoms with Gasteiger partial charge in [0.05, 0.1) is 23.6 Å². The molecule has 0 radical (unpaired) electrons. The molecule has 0 aliphatic carbocycles. The van der Waals surface area contributed by atoms with Crippen molar-refractivity contribution < 1.29 is 19.4 Å². The van der Waals surface area contributed by atoms with E-state index in [1.165, 1.54) is 0 Å². The van der Waals surface area contributed by atoms with Crippen molar-refractivity contribution in [3.63, 3.8) is 0 Å². The third-order valence-corrected chi connectivity index (χ3v) is 5.08. The van der Waals surface area contributed by atoms with Crippen LogP contribution in [0.25, 0.3) is 10.6 Å². The fourth-order valence-electron chi connectivity index (χ4n) is 2.93. The van der Waals surface area contributed by atoms with E-state index in [1.54, 1.807) is 23.5 Å². The number of carbonyl (C=O) groups is 2. The van der Waals surface area contributed by atoms with Crippen molar-refractivity contribution in [2.75, 3.05) is 11.9 Å². The zero-order valence-electron chi connectivity index (χ0n) is 15.6. The Labute approximate surface area is 167 Å². The molecule has 2 aromatic heterocycles. The summed E-state index contributed by atoms with van der Waals surface area (Å²) in [5, 5.41) is 13.9. The van der Waals surface area contributed by atoms with Crippen LogP contribution in [0.3, 0.4) is 0 Å². The summed E-state index contributed by atoms with van der Waals surface area (Å²) in [6.45, 7) is 2.62. The third-order valence-electron chi connectivity index (χ3n) is 4.19. The van der Waals surface area contributed by atoms with Gasteiger partial charge in [-0.05, 0) is 61.2 Å². The number of nitrogens with zero attached hydrogens (tertiary/aromatic N) is 1. The number of carboxylic acids is 1. The van der Waals surface area contributed by atoms with Gasteiger partial charge < -0.3 is 19.7 Å². The molecular weight excluding hydrogens is 376 g/mol. The highest BCUT2D eigenvalue weighted by Gasteiger charge is 2.15. The summed E-state index contributed by atoms with van der Waals surface area (Å²) in [6.07, 6.45) is 0.394. The van der Waals surface area contributed by atoms with E-state index in [0.29, 0.717) is 18.7 Å². The first-order valence-electron chi connectivity index (χ1n) is 9.03. The molecule has 0 aliphatic heterocycles. The Morgan fingerprint density at radius 1 is 1.14 bits per heavy atom. The summed E-state index contributed by atoms with van der Waals surface area (Å²) in [7, 11) is 0. The molecule has 7 heteroatoms. The fourth-order valence-corrected chi connectivity index (χ4v) is 3.69. The predicted molar refractivity (Wildman–Crippen MR) is 110 cm³/mol. The number of aromatic nitrogens is 1. The van der Waals surface area contributed by atoms with Crippen molar-refractivity contribution in [2.24, 2.45) is 0 Å². The van der Waals surface area contributed by atoms with Crippen LogP contribution in [0.15, 0.2) is 53.9 Å². The second kappa shape index (κ2) is 9.23. The van der Waals surface area contributed by atoms with Gasteiger partial charge in [-0.3, -0.25) is 9.59 Å². The van der Waals surface area contributed by atoms with Gasteiger partial charge in [0, 0.05) is 11.4 Å². The molecule has 3 aromatic rings. The Hall–Kier alpha value is -3.06. The highest BCUT2D eigenvalue weighted by molar-refractivity contribution is 7.13. The summed E-state index contributed by atoms with van der Waals surface area (Å²) < 4.78 is 7.29. The average molecular weight is 398 g/mol. The van der Waals surface area contributed by atoms with Crippen LogP contribution in [0.5, 0.6) is 5.75 Å². The number of ether oxygens (including phenoxy) is 1. The van der Waals surface area contributed by atoms with Crippen molar-refractivity contribution in [2.45, 2.75) is 26.3 Å². The first-order chi connectivity index (χ1) is 13.6. The lowest BCUT2D eigenvalue weighted by atomic mass is 10.2. The highest BCUT2D eigenvalue weighted by atomic mass is 32.1. The number of nitrogens with one attached hydrogen (secondary N) is 1. The molecule has 28 heavy (non-hydrogen) atoms. The Bertz CT molecular complexity index is 930. The molecule has 6 nitrogen and oxygen atoms in total. The van der Waals surface area contributed by atoms with Crippen molar-refractivity contribution >= 4 is 28.9 Å². The Morgan fingerprint density at radius 3 is 2.57 bits per heavy atom. The molecule has 0 saturated carbocycles. The largest absolute Gasteiger partial charge is 0.494 e. The van der Waals surface area contributed by atoms with Gasteiger partial charge in [-0.15, -0.1) is 11.3 Å². The minimum Gasteiger partial charge on any atom is -0.494 e. The average Bonchev–Trinajstić information content (AvgIpc) is 3.31. The van der Waals surface area contributed by atoms with Gasteiger partial charge in [0.15, 0.2) is 0 Å². The van der Waals surface area contributed by atoms with Crippen LogP contribution in [-0.2, 0) is 22.6 Å². The molecule has 3 rings (SSSR count). The van der Waals surface area contributed by atoms with Gasteiger partial charge in [0.2, 0.25) is 5.91 Å². The predicted octanol–water partition coefficient (Wildman–Crippen LogP) is 4.27. The summed E-state index contributed by atoms with van der Waals surface area (Å²) in [6, 6.07) is 15.0. The molecular formula is C21H22N2O4S.